The molecule has 2 N–H and O–H groups in total. The summed E-state index contributed by atoms with van der Waals surface area (Å²) in [7, 11) is 0. The Labute approximate surface area is 188 Å². The van der Waals surface area contributed by atoms with Gasteiger partial charge in [-0.25, -0.2) is 14.4 Å². The highest BCUT2D eigenvalue weighted by atomic mass is 35.5. The first kappa shape index (κ1) is 20.8. The van der Waals surface area contributed by atoms with Gasteiger partial charge in [0.25, 0.3) is 11.8 Å². The molecule has 2 aliphatic rings. The molecule has 0 unspecified atom stereocenters. The van der Waals surface area contributed by atoms with Crippen molar-refractivity contribution in [2.45, 2.75) is 39.2 Å². The second-order valence-electron chi connectivity index (χ2n) is 7.86. The lowest BCUT2D eigenvalue weighted by atomic mass is 9.87. The van der Waals surface area contributed by atoms with Gasteiger partial charge in [-0.3, -0.25) is 4.79 Å². The monoisotopic (exact) mass is 457 g/mol. The molecule has 1 aliphatic heterocycles. The Bertz CT molecular complexity index is 1230. The number of aromatic nitrogens is 4. The molecule has 3 aromatic rings. The van der Waals surface area contributed by atoms with Crippen molar-refractivity contribution < 1.29 is 18.7 Å². The first-order valence-electron chi connectivity index (χ1n) is 10.5. The average Bonchev–Trinajstić information content (AvgIpc) is 3.18. The molecule has 0 fully saturated rings. The number of pyridine rings is 1. The number of fused-ring (bicyclic) bond motifs is 5. The zero-order valence-corrected chi connectivity index (χ0v) is 18.3. The molecule has 0 saturated heterocycles. The minimum absolute atomic E-state index is 0.114. The summed E-state index contributed by atoms with van der Waals surface area (Å²) in [6.07, 6.45) is 4.28. The van der Waals surface area contributed by atoms with E-state index >= 15 is 4.39 Å². The number of aryl methyl sites for hydroxylation is 1. The van der Waals surface area contributed by atoms with E-state index in [0.29, 0.717) is 48.4 Å². The number of nitrogens with zero attached hydrogens (tertiary/aromatic N) is 3. The van der Waals surface area contributed by atoms with Crippen LogP contribution in [0.5, 0.6) is 11.9 Å². The lowest BCUT2D eigenvalue weighted by Gasteiger charge is -2.21. The van der Waals surface area contributed by atoms with Crippen LogP contribution in [0.25, 0.3) is 11.3 Å². The Morgan fingerprint density at radius 2 is 2.09 bits per heavy atom. The molecule has 0 bridgehead atoms. The summed E-state index contributed by atoms with van der Waals surface area (Å²) in [6.45, 7) is 5.24. The van der Waals surface area contributed by atoms with E-state index in [1.165, 1.54) is 6.20 Å². The third-order valence-corrected chi connectivity index (χ3v) is 6.15. The number of hydrogen-bond donors (Lipinski definition) is 2. The molecule has 5 rings (SSSR count). The van der Waals surface area contributed by atoms with Gasteiger partial charge in [0.05, 0.1) is 17.9 Å². The highest BCUT2D eigenvalue weighted by molar-refractivity contribution is 6.30. The average molecular weight is 458 g/mol. The van der Waals surface area contributed by atoms with Crippen molar-refractivity contribution >= 4 is 17.5 Å². The molecule has 3 aromatic heterocycles. The number of carbonyl (C=O) groups excluding carboxylic acids is 1. The van der Waals surface area contributed by atoms with Crippen LogP contribution < -0.4 is 10.1 Å². The Morgan fingerprint density at radius 1 is 1.25 bits per heavy atom. The van der Waals surface area contributed by atoms with Crippen LogP contribution in [-0.2, 0) is 24.2 Å². The third kappa shape index (κ3) is 3.41. The summed E-state index contributed by atoms with van der Waals surface area (Å²) in [5, 5.41) is 3.07. The SMILES string of the molecule is CCOCc1cnc(Oc2ncc3c(c2F)-c2[nH]c4c(c2CC3)C(=O)NC[C@@H]4C)nc1Cl. The van der Waals surface area contributed by atoms with E-state index in [1.54, 1.807) is 6.20 Å². The van der Waals surface area contributed by atoms with Crippen molar-refractivity contribution in [3.63, 3.8) is 0 Å². The summed E-state index contributed by atoms with van der Waals surface area (Å²) in [4.78, 5) is 28.1. The Kier molecular flexibility index (Phi) is 5.30. The van der Waals surface area contributed by atoms with E-state index < -0.39 is 5.82 Å². The normalized spacial score (nSPS) is 16.8. The van der Waals surface area contributed by atoms with E-state index in [0.717, 1.165) is 16.8 Å². The molecule has 8 nitrogen and oxygen atoms in total. The zero-order valence-electron chi connectivity index (χ0n) is 17.6. The third-order valence-electron chi connectivity index (χ3n) is 5.82. The topological polar surface area (TPSA) is 102 Å². The Balaban J connectivity index is 1.52. The van der Waals surface area contributed by atoms with Crippen LogP contribution in [-0.4, -0.2) is 39.0 Å². The van der Waals surface area contributed by atoms with E-state index in [4.69, 9.17) is 21.1 Å². The summed E-state index contributed by atoms with van der Waals surface area (Å²) >= 11 is 6.17. The number of hydrogen-bond acceptors (Lipinski definition) is 6. The van der Waals surface area contributed by atoms with Gasteiger partial charge in [0.2, 0.25) is 0 Å². The molecule has 4 heterocycles. The molecule has 32 heavy (non-hydrogen) atoms. The molecule has 0 aromatic carbocycles. The fourth-order valence-corrected chi connectivity index (χ4v) is 4.38. The van der Waals surface area contributed by atoms with Gasteiger partial charge in [-0.15, -0.1) is 0 Å². The van der Waals surface area contributed by atoms with Gasteiger partial charge >= 0.3 is 6.01 Å². The summed E-state index contributed by atoms with van der Waals surface area (Å²) in [6, 6.07) is -0.114. The maximum absolute atomic E-state index is 15.6. The number of carbonyl (C=O) groups is 1. The Morgan fingerprint density at radius 3 is 2.88 bits per heavy atom. The number of ether oxygens (including phenoxy) is 2. The Hall–Kier alpha value is -3.04. The minimum Gasteiger partial charge on any atom is -0.402 e. The maximum atomic E-state index is 15.6. The minimum atomic E-state index is -0.631. The predicted octanol–water partition coefficient (Wildman–Crippen LogP) is 3.93. The van der Waals surface area contributed by atoms with Gasteiger partial charge in [-0.05, 0) is 30.9 Å². The highest BCUT2D eigenvalue weighted by Crippen LogP contribution is 2.42. The molecular weight excluding hydrogens is 437 g/mol. The first-order valence-corrected chi connectivity index (χ1v) is 10.8. The molecule has 166 valence electrons. The lowest BCUT2D eigenvalue weighted by Crippen LogP contribution is -2.34. The number of rotatable bonds is 5. The van der Waals surface area contributed by atoms with Crippen LogP contribution in [0, 0.1) is 5.82 Å². The predicted molar refractivity (Wildman–Crippen MR) is 115 cm³/mol. The summed E-state index contributed by atoms with van der Waals surface area (Å²) in [5.41, 5.74) is 4.62. The quantitative estimate of drug-likeness (QED) is 0.563. The van der Waals surface area contributed by atoms with Crippen LogP contribution in [0.4, 0.5) is 4.39 Å². The fourth-order valence-electron chi connectivity index (χ4n) is 4.20. The van der Waals surface area contributed by atoms with Gasteiger partial charge < -0.3 is 19.8 Å². The number of halogens is 2. The van der Waals surface area contributed by atoms with Crippen LogP contribution in [0.15, 0.2) is 12.4 Å². The lowest BCUT2D eigenvalue weighted by molar-refractivity contribution is 0.0940. The molecule has 0 spiro atoms. The van der Waals surface area contributed by atoms with Gasteiger partial charge in [-0.1, -0.05) is 18.5 Å². The van der Waals surface area contributed by atoms with Crippen molar-refractivity contribution in [2.75, 3.05) is 13.2 Å². The zero-order chi connectivity index (χ0) is 22.4. The van der Waals surface area contributed by atoms with Crippen molar-refractivity contribution in [1.29, 1.82) is 0 Å². The summed E-state index contributed by atoms with van der Waals surface area (Å²) in [5.74, 6) is -0.896. The van der Waals surface area contributed by atoms with Crippen molar-refractivity contribution in [1.82, 2.24) is 25.3 Å². The van der Waals surface area contributed by atoms with Gasteiger partial charge in [0, 0.05) is 48.3 Å². The highest BCUT2D eigenvalue weighted by Gasteiger charge is 2.34. The van der Waals surface area contributed by atoms with Crippen LogP contribution in [0.1, 0.15) is 52.5 Å². The molecule has 1 amide bonds. The number of amides is 1. The molecular formula is C22H21ClFN5O3. The summed E-state index contributed by atoms with van der Waals surface area (Å²) < 4.78 is 26.5. The van der Waals surface area contributed by atoms with Crippen molar-refractivity contribution in [2.24, 2.45) is 0 Å². The number of H-pyrrole nitrogens is 1. The number of aromatic amines is 1. The first-order chi connectivity index (χ1) is 15.5. The molecule has 0 radical (unpaired) electrons. The molecule has 1 atom stereocenters. The van der Waals surface area contributed by atoms with Gasteiger partial charge in [0.15, 0.2) is 5.82 Å². The molecule has 10 heteroatoms. The maximum Gasteiger partial charge on any atom is 0.324 e. The standard InChI is InChI=1S/C22H21ClFN5O3/c1-3-31-9-12-8-27-22(29-19(12)23)32-21-16(24)14-11(7-26-21)4-5-13-15-17(28-18(13)14)10(2)6-25-20(15)30/h7-8,10,28H,3-6,9H2,1-2H3,(H,25,30)/t10-/m0/s1. The van der Waals surface area contributed by atoms with Crippen LogP contribution in [0.2, 0.25) is 5.15 Å². The fraction of sp³-hybridized carbons (Fsp3) is 0.364. The van der Waals surface area contributed by atoms with Gasteiger partial charge in [-0.2, -0.15) is 4.98 Å². The molecule has 0 saturated carbocycles. The van der Waals surface area contributed by atoms with Crippen LogP contribution >= 0.6 is 11.6 Å². The van der Waals surface area contributed by atoms with E-state index in [9.17, 15) is 4.79 Å². The van der Waals surface area contributed by atoms with Crippen molar-refractivity contribution in [3.05, 3.63) is 51.3 Å². The van der Waals surface area contributed by atoms with Gasteiger partial charge in [0.1, 0.15) is 5.15 Å². The smallest absolute Gasteiger partial charge is 0.324 e. The second kappa shape index (κ2) is 8.14. The van der Waals surface area contributed by atoms with Crippen LogP contribution in [0.3, 0.4) is 0 Å². The molecule has 1 aliphatic carbocycles. The largest absolute Gasteiger partial charge is 0.402 e. The van der Waals surface area contributed by atoms with E-state index in [2.05, 4.69) is 25.3 Å². The number of nitrogens with one attached hydrogen (secondary N) is 2. The second-order valence-corrected chi connectivity index (χ2v) is 8.22. The van der Waals surface area contributed by atoms with E-state index in [-0.39, 0.29) is 35.5 Å². The van der Waals surface area contributed by atoms with E-state index in [1.807, 2.05) is 13.8 Å². The van der Waals surface area contributed by atoms with Crippen molar-refractivity contribution in [3.8, 4) is 23.1 Å².